The molecule has 1 aromatic carbocycles. The summed E-state index contributed by atoms with van der Waals surface area (Å²) in [6.45, 7) is 3.39. The van der Waals surface area contributed by atoms with Crippen LogP contribution in [0.4, 0.5) is 5.82 Å². The fourth-order valence-corrected chi connectivity index (χ4v) is 3.55. The Morgan fingerprint density at radius 2 is 2.05 bits per heavy atom. The summed E-state index contributed by atoms with van der Waals surface area (Å²) < 4.78 is 0. The lowest BCUT2D eigenvalue weighted by Gasteiger charge is -2.42. The fraction of sp³-hybridized carbons (Fsp3) is 0.500. The lowest BCUT2D eigenvalue weighted by atomic mass is 9.85. The molecule has 4 heteroatoms. The first-order chi connectivity index (χ1) is 9.90. The van der Waals surface area contributed by atoms with Crippen LogP contribution >= 0.6 is 0 Å². The van der Waals surface area contributed by atoms with Gasteiger partial charge in [-0.3, -0.25) is 4.98 Å². The van der Waals surface area contributed by atoms with Gasteiger partial charge in [0.15, 0.2) is 0 Å². The molecule has 1 N–H and O–H groups in total. The van der Waals surface area contributed by atoms with Crippen LogP contribution in [0, 0.1) is 5.92 Å². The fourth-order valence-electron chi connectivity index (χ4n) is 3.55. The van der Waals surface area contributed by atoms with Gasteiger partial charge in [-0.2, -0.15) is 0 Å². The predicted molar refractivity (Wildman–Crippen MR) is 80.9 cm³/mol. The minimum atomic E-state index is 0.716. The van der Waals surface area contributed by atoms with Crippen LogP contribution in [0.3, 0.4) is 0 Å². The number of piperidine rings is 2. The Morgan fingerprint density at radius 3 is 3.00 bits per heavy atom. The van der Waals surface area contributed by atoms with Crippen molar-refractivity contribution in [3.8, 4) is 0 Å². The molecular formula is C16H20N4. The summed E-state index contributed by atoms with van der Waals surface area (Å²) >= 11 is 0. The second-order valence-electron chi connectivity index (χ2n) is 5.91. The molecule has 0 radical (unpaired) electrons. The summed E-state index contributed by atoms with van der Waals surface area (Å²) in [5, 5.41) is 3.66. The third kappa shape index (κ3) is 2.14. The molecule has 2 aliphatic heterocycles. The topological polar surface area (TPSA) is 41.1 Å². The maximum atomic E-state index is 4.78. The summed E-state index contributed by atoms with van der Waals surface area (Å²) in [5.41, 5.74) is 1.97. The molecule has 0 bridgehead atoms. The molecule has 0 saturated carbocycles. The number of hydrogen-bond acceptors (Lipinski definition) is 4. The van der Waals surface area contributed by atoms with Crippen LogP contribution in [0.15, 0.2) is 30.5 Å². The Balaban J connectivity index is 1.59. The second kappa shape index (κ2) is 5.02. The van der Waals surface area contributed by atoms with E-state index in [4.69, 9.17) is 4.98 Å². The molecule has 1 aromatic heterocycles. The molecule has 4 nitrogen and oxygen atoms in total. The average molecular weight is 268 g/mol. The SMILES string of the molecule is c1ccc2nc(N3CCC4NCCCC4C3)cnc2c1. The van der Waals surface area contributed by atoms with Crippen molar-refractivity contribution in [3.63, 3.8) is 0 Å². The third-order valence-electron chi connectivity index (χ3n) is 4.65. The van der Waals surface area contributed by atoms with Crippen molar-refractivity contribution in [2.75, 3.05) is 24.5 Å². The first kappa shape index (κ1) is 12.1. The molecule has 0 aliphatic carbocycles. The first-order valence-electron chi connectivity index (χ1n) is 7.60. The summed E-state index contributed by atoms with van der Waals surface area (Å²) in [6.07, 6.45) is 5.80. The van der Waals surface area contributed by atoms with Gasteiger partial charge in [0, 0.05) is 19.1 Å². The quantitative estimate of drug-likeness (QED) is 0.861. The normalized spacial score (nSPS) is 26.5. The number of rotatable bonds is 1. The summed E-state index contributed by atoms with van der Waals surface area (Å²) in [7, 11) is 0. The highest BCUT2D eigenvalue weighted by Gasteiger charge is 2.31. The van der Waals surface area contributed by atoms with E-state index in [1.165, 1.54) is 25.8 Å². The van der Waals surface area contributed by atoms with E-state index in [0.29, 0.717) is 6.04 Å². The van der Waals surface area contributed by atoms with Crippen molar-refractivity contribution in [2.24, 2.45) is 5.92 Å². The van der Waals surface area contributed by atoms with Crippen molar-refractivity contribution in [1.29, 1.82) is 0 Å². The maximum absolute atomic E-state index is 4.78. The second-order valence-corrected chi connectivity index (χ2v) is 5.91. The van der Waals surface area contributed by atoms with Crippen molar-refractivity contribution < 1.29 is 0 Å². The zero-order chi connectivity index (χ0) is 13.4. The molecule has 104 valence electrons. The molecule has 2 fully saturated rings. The van der Waals surface area contributed by atoms with Crippen molar-refractivity contribution in [1.82, 2.24) is 15.3 Å². The molecule has 2 atom stereocenters. The summed E-state index contributed by atoms with van der Waals surface area (Å²) in [5.74, 6) is 1.80. The van der Waals surface area contributed by atoms with Gasteiger partial charge in [0.1, 0.15) is 5.82 Å². The highest BCUT2D eigenvalue weighted by Crippen LogP contribution is 2.27. The van der Waals surface area contributed by atoms with E-state index in [0.717, 1.165) is 35.9 Å². The minimum absolute atomic E-state index is 0.716. The van der Waals surface area contributed by atoms with E-state index < -0.39 is 0 Å². The van der Waals surface area contributed by atoms with Gasteiger partial charge in [-0.1, -0.05) is 12.1 Å². The Kier molecular flexibility index (Phi) is 3.03. The molecule has 0 amide bonds. The third-order valence-corrected chi connectivity index (χ3v) is 4.65. The number of aromatic nitrogens is 2. The number of hydrogen-bond donors (Lipinski definition) is 1. The lowest BCUT2D eigenvalue weighted by Crippen LogP contribution is -2.52. The van der Waals surface area contributed by atoms with Gasteiger partial charge < -0.3 is 10.2 Å². The molecule has 2 saturated heterocycles. The molecule has 2 unspecified atom stereocenters. The highest BCUT2D eigenvalue weighted by molar-refractivity contribution is 5.75. The zero-order valence-electron chi connectivity index (χ0n) is 11.6. The smallest absolute Gasteiger partial charge is 0.147 e. The Morgan fingerprint density at radius 1 is 1.15 bits per heavy atom. The number of nitrogens with one attached hydrogen (secondary N) is 1. The van der Waals surface area contributed by atoms with Crippen LogP contribution in [-0.4, -0.2) is 35.6 Å². The molecule has 3 heterocycles. The van der Waals surface area contributed by atoms with Gasteiger partial charge >= 0.3 is 0 Å². The van der Waals surface area contributed by atoms with E-state index >= 15 is 0 Å². The van der Waals surface area contributed by atoms with Gasteiger partial charge in [0.25, 0.3) is 0 Å². The van der Waals surface area contributed by atoms with Crippen LogP contribution in [0.2, 0.25) is 0 Å². The highest BCUT2D eigenvalue weighted by atomic mass is 15.2. The first-order valence-corrected chi connectivity index (χ1v) is 7.60. The monoisotopic (exact) mass is 268 g/mol. The predicted octanol–water partition coefficient (Wildman–Crippen LogP) is 2.21. The molecular weight excluding hydrogens is 248 g/mol. The summed E-state index contributed by atoms with van der Waals surface area (Å²) in [6, 6.07) is 8.81. The Bertz CT molecular complexity index is 612. The number of anilines is 1. The van der Waals surface area contributed by atoms with E-state index in [2.05, 4.69) is 15.2 Å². The standard InChI is InChI=1S/C16H20N4/c1-2-6-15-14(5-1)18-10-16(19-15)20-9-7-13-12(11-20)4-3-8-17-13/h1-2,5-6,10,12-13,17H,3-4,7-9,11H2. The molecule has 20 heavy (non-hydrogen) atoms. The van der Waals surface area contributed by atoms with Crippen LogP contribution in [0.25, 0.3) is 11.0 Å². The molecule has 0 spiro atoms. The number of para-hydroxylation sites is 2. The van der Waals surface area contributed by atoms with Crippen LogP contribution in [0.1, 0.15) is 19.3 Å². The van der Waals surface area contributed by atoms with E-state index in [-0.39, 0.29) is 0 Å². The number of nitrogens with zero attached hydrogens (tertiary/aromatic N) is 3. The average Bonchev–Trinajstić information content (AvgIpc) is 2.54. The lowest BCUT2D eigenvalue weighted by molar-refractivity contribution is 0.244. The zero-order valence-corrected chi connectivity index (χ0v) is 11.6. The van der Waals surface area contributed by atoms with Crippen LogP contribution in [-0.2, 0) is 0 Å². The Hall–Kier alpha value is -1.68. The largest absolute Gasteiger partial charge is 0.355 e. The van der Waals surface area contributed by atoms with Crippen molar-refractivity contribution in [3.05, 3.63) is 30.5 Å². The van der Waals surface area contributed by atoms with Crippen LogP contribution < -0.4 is 10.2 Å². The van der Waals surface area contributed by atoms with Crippen LogP contribution in [0.5, 0.6) is 0 Å². The molecule has 2 aliphatic rings. The maximum Gasteiger partial charge on any atom is 0.147 e. The molecule has 2 aromatic rings. The Labute approximate surface area is 119 Å². The number of fused-ring (bicyclic) bond motifs is 2. The van der Waals surface area contributed by atoms with Gasteiger partial charge in [0.2, 0.25) is 0 Å². The van der Waals surface area contributed by atoms with Gasteiger partial charge in [-0.05, 0) is 43.9 Å². The van der Waals surface area contributed by atoms with E-state index in [9.17, 15) is 0 Å². The molecule has 4 rings (SSSR count). The van der Waals surface area contributed by atoms with E-state index in [1.807, 2.05) is 30.5 Å². The van der Waals surface area contributed by atoms with Gasteiger partial charge in [-0.15, -0.1) is 0 Å². The van der Waals surface area contributed by atoms with Crippen molar-refractivity contribution >= 4 is 16.9 Å². The summed E-state index contributed by atoms with van der Waals surface area (Å²) in [4.78, 5) is 11.7. The van der Waals surface area contributed by atoms with Crippen molar-refractivity contribution in [2.45, 2.75) is 25.3 Å². The van der Waals surface area contributed by atoms with Gasteiger partial charge in [-0.25, -0.2) is 4.98 Å². The van der Waals surface area contributed by atoms with E-state index in [1.54, 1.807) is 0 Å². The minimum Gasteiger partial charge on any atom is -0.355 e. The number of benzene rings is 1. The van der Waals surface area contributed by atoms with Gasteiger partial charge in [0.05, 0.1) is 17.2 Å².